The Hall–Kier alpha value is -0.720. The summed E-state index contributed by atoms with van der Waals surface area (Å²) in [5.74, 6) is 0.0549. The first-order valence-electron chi connectivity index (χ1n) is 2.93. The number of halogens is 4. The molecule has 0 spiro atoms. The summed E-state index contributed by atoms with van der Waals surface area (Å²) in [6.45, 7) is -1.12. The second kappa shape index (κ2) is 2.96. The Kier molecular flexibility index (Phi) is 2.31. The van der Waals surface area contributed by atoms with Crippen LogP contribution in [0.4, 0.5) is 19.0 Å². The maximum Gasteiger partial charge on any atom is 0.408 e. The van der Waals surface area contributed by atoms with E-state index in [1.807, 2.05) is 0 Å². The molecule has 0 aliphatic heterocycles. The Morgan fingerprint density at radius 2 is 2.17 bits per heavy atom. The summed E-state index contributed by atoms with van der Waals surface area (Å²) in [5.41, 5.74) is 5.21. The fourth-order valence-electron chi connectivity index (χ4n) is 0.677. The molecule has 0 radical (unpaired) electrons. The van der Waals surface area contributed by atoms with E-state index < -0.39 is 12.7 Å². The largest absolute Gasteiger partial charge is 0.408 e. The van der Waals surface area contributed by atoms with E-state index in [0.29, 0.717) is 4.47 Å². The highest BCUT2D eigenvalue weighted by Gasteiger charge is 2.28. The van der Waals surface area contributed by atoms with E-state index in [0.717, 1.165) is 4.68 Å². The number of rotatable bonds is 1. The third-order valence-corrected chi connectivity index (χ3v) is 1.70. The van der Waals surface area contributed by atoms with Gasteiger partial charge in [0.05, 0.1) is 4.47 Å². The van der Waals surface area contributed by atoms with Gasteiger partial charge in [-0.2, -0.15) is 18.3 Å². The summed E-state index contributed by atoms with van der Waals surface area (Å²) < 4.78 is 36.4. The minimum atomic E-state index is -4.27. The number of alkyl halides is 3. The molecule has 1 rings (SSSR count). The molecule has 0 saturated carbocycles. The third kappa shape index (κ3) is 2.40. The van der Waals surface area contributed by atoms with Gasteiger partial charge in [-0.15, -0.1) is 0 Å². The van der Waals surface area contributed by atoms with Crippen LogP contribution in [0.3, 0.4) is 0 Å². The van der Waals surface area contributed by atoms with Crippen LogP contribution < -0.4 is 5.73 Å². The molecule has 0 aliphatic carbocycles. The highest BCUT2D eigenvalue weighted by molar-refractivity contribution is 9.10. The third-order valence-electron chi connectivity index (χ3n) is 1.08. The molecule has 2 N–H and O–H groups in total. The molecule has 0 aromatic carbocycles. The minimum absolute atomic E-state index is 0.0549. The Balaban J connectivity index is 2.77. The van der Waals surface area contributed by atoms with Crippen molar-refractivity contribution in [1.82, 2.24) is 9.78 Å². The van der Waals surface area contributed by atoms with Gasteiger partial charge in [-0.1, -0.05) is 0 Å². The molecular formula is C5H5BrF3N3. The van der Waals surface area contributed by atoms with Gasteiger partial charge in [-0.25, -0.2) is 0 Å². The molecule has 0 saturated heterocycles. The summed E-state index contributed by atoms with van der Waals surface area (Å²) in [7, 11) is 0. The van der Waals surface area contributed by atoms with Crippen LogP contribution in [-0.4, -0.2) is 16.0 Å². The van der Waals surface area contributed by atoms with Gasteiger partial charge in [-0.05, 0) is 15.9 Å². The highest BCUT2D eigenvalue weighted by Crippen LogP contribution is 2.21. The number of aromatic nitrogens is 2. The average molecular weight is 244 g/mol. The second-order valence-corrected chi connectivity index (χ2v) is 3.03. The minimum Gasteiger partial charge on any atom is -0.381 e. The maximum atomic E-state index is 11.8. The standard InChI is InChI=1S/C5H5BrF3N3/c6-3-1-12(11-4(3)10)2-5(7,8)9/h1H,2H2,(H2,10,11). The van der Waals surface area contributed by atoms with Gasteiger partial charge in [-0.3, -0.25) is 4.68 Å². The van der Waals surface area contributed by atoms with Crippen LogP contribution in [0.25, 0.3) is 0 Å². The highest BCUT2D eigenvalue weighted by atomic mass is 79.9. The van der Waals surface area contributed by atoms with E-state index in [-0.39, 0.29) is 5.82 Å². The molecular weight excluding hydrogens is 239 g/mol. The zero-order chi connectivity index (χ0) is 9.35. The average Bonchev–Trinajstić information content (AvgIpc) is 2.07. The summed E-state index contributed by atoms with van der Waals surface area (Å²) in [6.07, 6.45) is -3.08. The van der Waals surface area contributed by atoms with Crippen molar-refractivity contribution in [2.45, 2.75) is 12.7 Å². The second-order valence-electron chi connectivity index (χ2n) is 2.18. The van der Waals surface area contributed by atoms with E-state index in [4.69, 9.17) is 5.73 Å². The lowest BCUT2D eigenvalue weighted by Gasteiger charge is -2.04. The van der Waals surface area contributed by atoms with E-state index in [1.54, 1.807) is 0 Å². The first-order chi connectivity index (χ1) is 5.38. The SMILES string of the molecule is Nc1nn(CC(F)(F)F)cc1Br. The predicted octanol–water partition coefficient (Wildman–Crippen LogP) is 1.79. The molecule has 0 fully saturated rings. The van der Waals surface area contributed by atoms with Crippen molar-refractivity contribution in [2.75, 3.05) is 5.73 Å². The van der Waals surface area contributed by atoms with Gasteiger partial charge in [0.25, 0.3) is 0 Å². The molecule has 12 heavy (non-hydrogen) atoms. The van der Waals surface area contributed by atoms with Crippen molar-refractivity contribution in [2.24, 2.45) is 0 Å². The summed E-state index contributed by atoms with van der Waals surface area (Å²) in [4.78, 5) is 0. The van der Waals surface area contributed by atoms with Crippen LogP contribution in [0.2, 0.25) is 0 Å². The first-order valence-corrected chi connectivity index (χ1v) is 3.73. The number of nitrogen functional groups attached to an aromatic ring is 1. The number of hydrogen-bond acceptors (Lipinski definition) is 2. The maximum absolute atomic E-state index is 11.8. The molecule has 0 bridgehead atoms. The number of hydrogen-bond donors (Lipinski definition) is 1. The van der Waals surface area contributed by atoms with Crippen molar-refractivity contribution < 1.29 is 13.2 Å². The van der Waals surface area contributed by atoms with Crippen LogP contribution >= 0.6 is 15.9 Å². The lowest BCUT2D eigenvalue weighted by Crippen LogP contribution is -2.18. The van der Waals surface area contributed by atoms with Crippen LogP contribution in [0.15, 0.2) is 10.7 Å². The molecule has 0 amide bonds. The van der Waals surface area contributed by atoms with Gasteiger partial charge < -0.3 is 5.73 Å². The van der Waals surface area contributed by atoms with Gasteiger partial charge in [0, 0.05) is 6.20 Å². The first kappa shape index (κ1) is 9.37. The van der Waals surface area contributed by atoms with E-state index in [9.17, 15) is 13.2 Å². The van der Waals surface area contributed by atoms with E-state index in [2.05, 4.69) is 21.0 Å². The Labute approximate surface area is 74.5 Å². The van der Waals surface area contributed by atoms with Gasteiger partial charge >= 0.3 is 6.18 Å². The van der Waals surface area contributed by atoms with Gasteiger partial charge in [0.15, 0.2) is 5.82 Å². The van der Waals surface area contributed by atoms with E-state index in [1.165, 1.54) is 6.20 Å². The Morgan fingerprint density at radius 3 is 2.50 bits per heavy atom. The Bertz CT molecular complexity index is 260. The fraction of sp³-hybridized carbons (Fsp3) is 0.400. The summed E-state index contributed by atoms with van der Waals surface area (Å²) in [5, 5.41) is 3.42. The molecule has 7 heteroatoms. The molecule has 1 aromatic heterocycles. The van der Waals surface area contributed by atoms with Crippen LogP contribution in [0.1, 0.15) is 0 Å². The molecule has 0 atom stereocenters. The molecule has 1 heterocycles. The smallest absolute Gasteiger partial charge is 0.381 e. The van der Waals surface area contributed by atoms with Gasteiger partial charge in [0.1, 0.15) is 6.54 Å². The quantitative estimate of drug-likeness (QED) is 0.818. The summed E-state index contributed by atoms with van der Waals surface area (Å²) >= 11 is 2.95. The molecule has 68 valence electrons. The van der Waals surface area contributed by atoms with Crippen LogP contribution in [0, 0.1) is 0 Å². The zero-order valence-corrected chi connectivity index (χ0v) is 7.35. The number of nitrogens with zero attached hydrogens (tertiary/aromatic N) is 2. The normalized spacial score (nSPS) is 12.0. The zero-order valence-electron chi connectivity index (χ0n) is 5.77. The molecule has 1 aromatic rings. The molecule has 3 nitrogen and oxygen atoms in total. The van der Waals surface area contributed by atoms with Crippen molar-refractivity contribution in [3.63, 3.8) is 0 Å². The monoisotopic (exact) mass is 243 g/mol. The topological polar surface area (TPSA) is 43.8 Å². The number of anilines is 1. The predicted molar refractivity (Wildman–Crippen MR) is 40.4 cm³/mol. The van der Waals surface area contributed by atoms with Gasteiger partial charge in [0.2, 0.25) is 0 Å². The lowest BCUT2D eigenvalue weighted by molar-refractivity contribution is -0.142. The van der Waals surface area contributed by atoms with Crippen molar-refractivity contribution in [1.29, 1.82) is 0 Å². The van der Waals surface area contributed by atoms with Crippen molar-refractivity contribution in [3.8, 4) is 0 Å². The summed E-state index contributed by atoms with van der Waals surface area (Å²) in [6, 6.07) is 0. The molecule has 0 unspecified atom stereocenters. The fourth-order valence-corrected chi connectivity index (χ4v) is 0.992. The number of nitrogens with two attached hydrogens (primary N) is 1. The van der Waals surface area contributed by atoms with Crippen molar-refractivity contribution in [3.05, 3.63) is 10.7 Å². The van der Waals surface area contributed by atoms with Crippen molar-refractivity contribution >= 4 is 21.7 Å². The van der Waals surface area contributed by atoms with Crippen LogP contribution in [0.5, 0.6) is 0 Å². The lowest BCUT2D eigenvalue weighted by atomic mass is 10.6. The van der Waals surface area contributed by atoms with E-state index >= 15 is 0 Å². The van der Waals surface area contributed by atoms with Crippen LogP contribution in [-0.2, 0) is 6.54 Å². The Morgan fingerprint density at radius 1 is 1.58 bits per heavy atom. The molecule has 0 aliphatic rings.